The minimum atomic E-state index is -0.433. The van der Waals surface area contributed by atoms with Crippen molar-refractivity contribution in [2.75, 3.05) is 6.54 Å². The number of pyridine rings is 1. The van der Waals surface area contributed by atoms with Crippen LogP contribution in [0.4, 0.5) is 4.39 Å². The minimum Gasteiger partial charge on any atom is -0.351 e. The van der Waals surface area contributed by atoms with E-state index in [0.717, 1.165) is 6.42 Å². The van der Waals surface area contributed by atoms with E-state index in [0.29, 0.717) is 17.9 Å². The van der Waals surface area contributed by atoms with Crippen molar-refractivity contribution in [3.8, 4) is 6.07 Å². The molecule has 2 heterocycles. The van der Waals surface area contributed by atoms with Crippen LogP contribution in [0.1, 0.15) is 19.0 Å². The largest absolute Gasteiger partial charge is 0.351 e. The van der Waals surface area contributed by atoms with E-state index in [9.17, 15) is 9.18 Å². The van der Waals surface area contributed by atoms with Gasteiger partial charge in [-0.15, -0.1) is 0 Å². The fourth-order valence-electron chi connectivity index (χ4n) is 1.68. The number of rotatable bonds is 4. The van der Waals surface area contributed by atoms with Crippen LogP contribution < -0.4 is 5.32 Å². The Morgan fingerprint density at radius 1 is 1.55 bits per heavy atom. The zero-order chi connectivity index (χ0) is 14.5. The normalized spacial score (nSPS) is 11.3. The molecule has 0 spiro atoms. The zero-order valence-electron chi connectivity index (χ0n) is 10.9. The highest BCUT2D eigenvalue weighted by Gasteiger charge is 2.09. The number of imidazole rings is 1. The number of nitrogens with zero attached hydrogens (tertiary/aromatic N) is 3. The van der Waals surface area contributed by atoms with Gasteiger partial charge in [-0.05, 0) is 24.6 Å². The lowest BCUT2D eigenvalue weighted by molar-refractivity contribution is -0.117. The molecule has 1 amide bonds. The van der Waals surface area contributed by atoms with Crippen LogP contribution in [-0.2, 0) is 4.79 Å². The number of carbonyl (C=O) groups is 1. The van der Waals surface area contributed by atoms with E-state index < -0.39 is 5.91 Å². The fraction of sp³-hybridized carbons (Fsp3) is 0.214. The minimum absolute atomic E-state index is 0.0256. The Morgan fingerprint density at radius 3 is 3.05 bits per heavy atom. The number of nitrogens with one attached hydrogen (secondary N) is 1. The molecule has 2 aromatic rings. The second kappa shape index (κ2) is 5.97. The topological polar surface area (TPSA) is 70.2 Å². The molecule has 0 aliphatic rings. The standard InChI is InChI=1S/C14H13FN4O/c1-2-5-17-14(20)10(7-16)6-12-9-19-8-11(15)3-4-13(19)18-12/h3-4,6,8-9H,2,5H2,1H3,(H,17,20)/b10-6-. The van der Waals surface area contributed by atoms with Gasteiger partial charge in [-0.1, -0.05) is 6.92 Å². The third-order valence-electron chi connectivity index (χ3n) is 2.63. The van der Waals surface area contributed by atoms with Crippen LogP contribution in [0.25, 0.3) is 11.7 Å². The van der Waals surface area contributed by atoms with Crippen LogP contribution in [-0.4, -0.2) is 21.8 Å². The molecule has 1 N–H and O–H groups in total. The molecule has 0 bridgehead atoms. The van der Waals surface area contributed by atoms with E-state index in [1.54, 1.807) is 6.20 Å². The maximum absolute atomic E-state index is 13.1. The molecule has 6 heteroatoms. The molecule has 0 aliphatic carbocycles. The average molecular weight is 272 g/mol. The summed E-state index contributed by atoms with van der Waals surface area (Å²) in [4.78, 5) is 15.9. The Kier molecular flexibility index (Phi) is 4.11. The van der Waals surface area contributed by atoms with Gasteiger partial charge >= 0.3 is 0 Å². The number of hydrogen-bond acceptors (Lipinski definition) is 3. The van der Waals surface area contributed by atoms with Gasteiger partial charge in [-0.25, -0.2) is 9.37 Å². The smallest absolute Gasteiger partial charge is 0.262 e. The Morgan fingerprint density at radius 2 is 2.35 bits per heavy atom. The van der Waals surface area contributed by atoms with E-state index in [1.807, 2.05) is 13.0 Å². The zero-order valence-corrected chi connectivity index (χ0v) is 10.9. The molecule has 2 rings (SSSR count). The summed E-state index contributed by atoms with van der Waals surface area (Å²) in [6.45, 7) is 2.43. The molecule has 0 saturated heterocycles. The van der Waals surface area contributed by atoms with Gasteiger partial charge in [0, 0.05) is 18.9 Å². The van der Waals surface area contributed by atoms with Gasteiger partial charge in [0.1, 0.15) is 23.1 Å². The van der Waals surface area contributed by atoms with E-state index >= 15 is 0 Å². The Labute approximate surface area is 115 Å². The van der Waals surface area contributed by atoms with Crippen LogP contribution in [0, 0.1) is 17.1 Å². The van der Waals surface area contributed by atoms with Crippen molar-refractivity contribution in [3.05, 3.63) is 41.6 Å². The van der Waals surface area contributed by atoms with E-state index in [2.05, 4.69) is 10.3 Å². The van der Waals surface area contributed by atoms with Crippen molar-refractivity contribution in [1.29, 1.82) is 5.26 Å². The molecule has 0 fully saturated rings. The van der Waals surface area contributed by atoms with Gasteiger partial charge in [0.2, 0.25) is 0 Å². The van der Waals surface area contributed by atoms with E-state index in [4.69, 9.17) is 5.26 Å². The quantitative estimate of drug-likeness (QED) is 0.682. The number of nitriles is 1. The van der Waals surface area contributed by atoms with Crippen molar-refractivity contribution in [2.45, 2.75) is 13.3 Å². The molecule has 0 unspecified atom stereocenters. The fourth-order valence-corrected chi connectivity index (χ4v) is 1.68. The van der Waals surface area contributed by atoms with Gasteiger partial charge in [0.25, 0.3) is 5.91 Å². The molecular weight excluding hydrogens is 259 g/mol. The highest BCUT2D eigenvalue weighted by molar-refractivity contribution is 6.01. The number of aromatic nitrogens is 2. The summed E-state index contributed by atoms with van der Waals surface area (Å²) in [5.74, 6) is -0.816. The first-order valence-corrected chi connectivity index (χ1v) is 6.18. The molecule has 0 saturated carbocycles. The molecule has 0 aromatic carbocycles. The van der Waals surface area contributed by atoms with Crippen molar-refractivity contribution in [3.63, 3.8) is 0 Å². The lowest BCUT2D eigenvalue weighted by Crippen LogP contribution is -2.25. The van der Waals surface area contributed by atoms with Gasteiger partial charge in [-0.3, -0.25) is 4.79 Å². The molecule has 5 nitrogen and oxygen atoms in total. The van der Waals surface area contributed by atoms with Crippen LogP contribution in [0.15, 0.2) is 30.1 Å². The van der Waals surface area contributed by atoms with Crippen molar-refractivity contribution >= 4 is 17.6 Å². The summed E-state index contributed by atoms with van der Waals surface area (Å²) >= 11 is 0. The maximum atomic E-state index is 13.1. The Bertz CT molecular complexity index is 712. The van der Waals surface area contributed by atoms with E-state index in [1.165, 1.54) is 28.8 Å². The summed E-state index contributed by atoms with van der Waals surface area (Å²) in [6, 6.07) is 4.66. The second-order valence-electron chi connectivity index (χ2n) is 4.20. The van der Waals surface area contributed by atoms with Gasteiger partial charge in [-0.2, -0.15) is 5.26 Å². The molecule has 20 heavy (non-hydrogen) atoms. The molecule has 102 valence electrons. The predicted octanol–water partition coefficient (Wildman–Crippen LogP) is 1.91. The monoisotopic (exact) mass is 272 g/mol. The number of amides is 1. The molecule has 0 aliphatic heterocycles. The Balaban J connectivity index is 2.30. The number of hydrogen-bond donors (Lipinski definition) is 1. The Hall–Kier alpha value is -2.68. The van der Waals surface area contributed by atoms with Gasteiger partial charge in [0.15, 0.2) is 0 Å². The first-order valence-electron chi connectivity index (χ1n) is 6.18. The van der Waals surface area contributed by atoms with Crippen molar-refractivity contribution < 1.29 is 9.18 Å². The summed E-state index contributed by atoms with van der Waals surface area (Å²) in [5, 5.41) is 11.6. The predicted molar refractivity (Wildman–Crippen MR) is 72.0 cm³/mol. The SMILES string of the molecule is CCCNC(=O)/C(C#N)=C\c1cn2cc(F)ccc2n1. The maximum Gasteiger partial charge on any atom is 0.262 e. The van der Waals surface area contributed by atoms with Crippen LogP contribution in [0.3, 0.4) is 0 Å². The second-order valence-corrected chi connectivity index (χ2v) is 4.20. The van der Waals surface area contributed by atoms with Crippen LogP contribution in [0.5, 0.6) is 0 Å². The number of halogens is 1. The van der Waals surface area contributed by atoms with Gasteiger partial charge in [0.05, 0.1) is 5.69 Å². The molecular formula is C14H13FN4O. The number of carbonyl (C=O) groups excluding carboxylic acids is 1. The first-order chi connectivity index (χ1) is 9.63. The summed E-state index contributed by atoms with van der Waals surface area (Å²) in [5.41, 5.74) is 0.949. The lowest BCUT2D eigenvalue weighted by Gasteiger charge is -2.00. The molecule has 0 radical (unpaired) electrons. The van der Waals surface area contributed by atoms with Crippen molar-refractivity contribution in [1.82, 2.24) is 14.7 Å². The summed E-state index contributed by atoms with van der Waals surface area (Å²) in [7, 11) is 0. The van der Waals surface area contributed by atoms with E-state index in [-0.39, 0.29) is 11.4 Å². The van der Waals surface area contributed by atoms with Crippen LogP contribution in [0.2, 0.25) is 0 Å². The highest BCUT2D eigenvalue weighted by Crippen LogP contribution is 2.10. The average Bonchev–Trinajstić information content (AvgIpc) is 2.83. The lowest BCUT2D eigenvalue weighted by atomic mass is 10.2. The van der Waals surface area contributed by atoms with Crippen LogP contribution >= 0.6 is 0 Å². The highest BCUT2D eigenvalue weighted by atomic mass is 19.1. The molecule has 2 aromatic heterocycles. The third kappa shape index (κ3) is 3.01. The first kappa shape index (κ1) is 13.7. The summed E-state index contributed by atoms with van der Waals surface area (Å²) in [6.07, 6.45) is 5.01. The molecule has 0 atom stereocenters. The van der Waals surface area contributed by atoms with Gasteiger partial charge < -0.3 is 9.72 Å². The third-order valence-corrected chi connectivity index (χ3v) is 2.63. The summed E-state index contributed by atoms with van der Waals surface area (Å²) < 4.78 is 14.6. The van der Waals surface area contributed by atoms with Crippen molar-refractivity contribution in [2.24, 2.45) is 0 Å². The number of fused-ring (bicyclic) bond motifs is 1.